The summed E-state index contributed by atoms with van der Waals surface area (Å²) in [6.07, 6.45) is 0.813. The zero-order valence-corrected chi connectivity index (χ0v) is 8.24. The molecule has 76 valence electrons. The van der Waals surface area contributed by atoms with Crippen LogP contribution in [-0.4, -0.2) is 16.4 Å². The zero-order chi connectivity index (χ0) is 10.6. The van der Waals surface area contributed by atoms with Crippen molar-refractivity contribution in [3.05, 3.63) is 34.9 Å². The Bertz CT molecular complexity index is 317. The molecule has 0 unspecified atom stereocenters. The first-order chi connectivity index (χ1) is 6.61. The number of hydrogen-bond donors (Lipinski definition) is 2. The second kappa shape index (κ2) is 4.86. The van der Waals surface area contributed by atoms with Crippen molar-refractivity contribution in [2.45, 2.75) is 18.8 Å². The van der Waals surface area contributed by atoms with Crippen molar-refractivity contribution in [1.82, 2.24) is 0 Å². The molecule has 0 aromatic heterocycles. The highest BCUT2D eigenvalue weighted by molar-refractivity contribution is 6.31. The number of rotatable bonds is 1. The lowest BCUT2D eigenvalue weighted by Gasteiger charge is -1.98. The maximum atomic E-state index is 8.56. The lowest BCUT2D eigenvalue weighted by molar-refractivity contribution is 0.137. The van der Waals surface area contributed by atoms with Gasteiger partial charge in [-0.3, -0.25) is 0 Å². The molecular formula is C10H11ClO3. The van der Waals surface area contributed by atoms with Gasteiger partial charge >= 0.3 is 6.16 Å². The molecule has 1 aromatic rings. The summed E-state index contributed by atoms with van der Waals surface area (Å²) in [6.45, 7) is 0. The monoisotopic (exact) mass is 214 g/mol. The van der Waals surface area contributed by atoms with Crippen molar-refractivity contribution in [1.29, 1.82) is 0 Å². The second-order valence-electron chi connectivity index (χ2n) is 3.08. The van der Waals surface area contributed by atoms with Crippen molar-refractivity contribution in [3.63, 3.8) is 0 Å². The maximum Gasteiger partial charge on any atom is 0.503 e. The van der Waals surface area contributed by atoms with Crippen LogP contribution in [0.25, 0.3) is 0 Å². The van der Waals surface area contributed by atoms with Crippen LogP contribution in [0.3, 0.4) is 0 Å². The molecule has 1 aliphatic rings. The molecule has 14 heavy (non-hydrogen) atoms. The first-order valence-electron chi connectivity index (χ1n) is 4.27. The Balaban J connectivity index is 0.000000213. The van der Waals surface area contributed by atoms with E-state index >= 15 is 0 Å². The minimum absolute atomic E-state index is 0.772. The third kappa shape index (κ3) is 3.66. The highest BCUT2D eigenvalue weighted by Gasteiger charge is 2.24. The highest BCUT2D eigenvalue weighted by Crippen LogP contribution is 2.42. The minimum atomic E-state index is -1.83. The molecule has 0 saturated heterocycles. The Morgan fingerprint density at radius 1 is 1.29 bits per heavy atom. The van der Waals surface area contributed by atoms with Crippen LogP contribution in [0.4, 0.5) is 4.79 Å². The zero-order valence-electron chi connectivity index (χ0n) is 7.48. The van der Waals surface area contributed by atoms with Crippen molar-refractivity contribution in [3.8, 4) is 0 Å². The van der Waals surface area contributed by atoms with Crippen LogP contribution in [0.5, 0.6) is 0 Å². The Kier molecular flexibility index (Phi) is 3.77. The number of hydrogen-bond acceptors (Lipinski definition) is 1. The van der Waals surface area contributed by atoms with Gasteiger partial charge in [-0.2, -0.15) is 0 Å². The van der Waals surface area contributed by atoms with Gasteiger partial charge in [0.05, 0.1) is 0 Å². The van der Waals surface area contributed by atoms with Crippen molar-refractivity contribution >= 4 is 17.8 Å². The van der Waals surface area contributed by atoms with E-state index < -0.39 is 6.16 Å². The highest BCUT2D eigenvalue weighted by atomic mass is 35.5. The molecule has 1 aliphatic carbocycles. The Hall–Kier alpha value is -1.22. The van der Waals surface area contributed by atoms with E-state index in [1.54, 1.807) is 0 Å². The van der Waals surface area contributed by atoms with Gasteiger partial charge < -0.3 is 10.2 Å². The van der Waals surface area contributed by atoms with Crippen LogP contribution in [0.1, 0.15) is 24.3 Å². The van der Waals surface area contributed by atoms with Gasteiger partial charge in [0.1, 0.15) is 0 Å². The van der Waals surface area contributed by atoms with E-state index in [1.807, 2.05) is 12.1 Å². The first-order valence-corrected chi connectivity index (χ1v) is 4.65. The predicted octanol–water partition coefficient (Wildman–Crippen LogP) is 3.44. The van der Waals surface area contributed by atoms with E-state index in [2.05, 4.69) is 12.1 Å². The van der Waals surface area contributed by atoms with Gasteiger partial charge in [0, 0.05) is 5.02 Å². The summed E-state index contributed by atoms with van der Waals surface area (Å²) in [4.78, 5) is 8.56. The topological polar surface area (TPSA) is 57.5 Å². The first kappa shape index (κ1) is 10.9. The summed E-state index contributed by atoms with van der Waals surface area (Å²) in [5.74, 6) is 0.772. The summed E-state index contributed by atoms with van der Waals surface area (Å²) in [5.41, 5.74) is 1.34. The number of carbonyl (C=O) groups is 1. The van der Waals surface area contributed by atoms with Gasteiger partial charge in [0.25, 0.3) is 0 Å². The van der Waals surface area contributed by atoms with Crippen LogP contribution >= 0.6 is 11.6 Å². The van der Waals surface area contributed by atoms with Crippen LogP contribution in [0.2, 0.25) is 5.02 Å². The van der Waals surface area contributed by atoms with E-state index in [0.717, 1.165) is 10.9 Å². The fourth-order valence-electron chi connectivity index (χ4n) is 1.20. The van der Waals surface area contributed by atoms with Crippen molar-refractivity contribution < 1.29 is 15.0 Å². The molecule has 4 heteroatoms. The summed E-state index contributed by atoms with van der Waals surface area (Å²) in [5, 5.41) is 14.9. The summed E-state index contributed by atoms with van der Waals surface area (Å²) in [7, 11) is 0. The fraction of sp³-hybridized carbons (Fsp3) is 0.300. The van der Waals surface area contributed by atoms with Crippen molar-refractivity contribution in [2.24, 2.45) is 0 Å². The fourth-order valence-corrected chi connectivity index (χ4v) is 1.49. The Labute approximate surface area is 86.9 Å². The molecule has 0 aliphatic heterocycles. The number of benzene rings is 1. The molecule has 0 spiro atoms. The molecule has 0 bridgehead atoms. The lowest BCUT2D eigenvalue weighted by atomic mass is 10.1. The lowest BCUT2D eigenvalue weighted by Crippen LogP contribution is -1.81. The maximum absolute atomic E-state index is 8.56. The van der Waals surface area contributed by atoms with Gasteiger partial charge in [0.15, 0.2) is 0 Å². The molecule has 0 amide bonds. The Morgan fingerprint density at radius 2 is 1.79 bits per heavy atom. The number of halogens is 1. The van der Waals surface area contributed by atoms with Crippen molar-refractivity contribution in [2.75, 3.05) is 0 Å². The van der Waals surface area contributed by atoms with Gasteiger partial charge in [-0.25, -0.2) is 4.79 Å². The molecule has 2 rings (SSSR count). The Morgan fingerprint density at radius 3 is 2.21 bits per heavy atom. The average molecular weight is 215 g/mol. The van der Waals surface area contributed by atoms with Crippen LogP contribution < -0.4 is 0 Å². The second-order valence-corrected chi connectivity index (χ2v) is 3.49. The molecule has 1 saturated carbocycles. The van der Waals surface area contributed by atoms with E-state index in [0.29, 0.717) is 0 Å². The number of carboxylic acid groups (broad SMARTS) is 2. The summed E-state index contributed by atoms with van der Waals surface area (Å²) < 4.78 is 0. The van der Waals surface area contributed by atoms with Gasteiger partial charge in [-0.1, -0.05) is 29.8 Å². The third-order valence-corrected chi connectivity index (χ3v) is 2.27. The molecule has 3 nitrogen and oxygen atoms in total. The molecule has 0 heterocycles. The molecule has 2 N–H and O–H groups in total. The SMILES string of the molecule is Clc1ccccc1C1CC1.O=C(O)O. The molecule has 0 radical (unpaired) electrons. The summed E-state index contributed by atoms with van der Waals surface area (Å²) >= 11 is 5.96. The van der Waals surface area contributed by atoms with Gasteiger partial charge in [-0.05, 0) is 30.4 Å². The van der Waals surface area contributed by atoms with Gasteiger partial charge in [0.2, 0.25) is 0 Å². The quantitative estimate of drug-likeness (QED) is 0.753. The standard InChI is InChI=1S/C9H9Cl.CH2O3/c10-9-4-2-1-3-8(9)7-5-6-7;2-1(3)4/h1-4,7H,5-6H2;(H2,2,3,4). The van der Waals surface area contributed by atoms with Gasteiger partial charge in [-0.15, -0.1) is 0 Å². The van der Waals surface area contributed by atoms with E-state index in [-0.39, 0.29) is 0 Å². The third-order valence-electron chi connectivity index (χ3n) is 1.92. The molecule has 0 atom stereocenters. The van der Waals surface area contributed by atoms with E-state index in [4.69, 9.17) is 26.6 Å². The molecule has 1 fully saturated rings. The van der Waals surface area contributed by atoms with Crippen LogP contribution in [-0.2, 0) is 0 Å². The molecule has 1 aromatic carbocycles. The minimum Gasteiger partial charge on any atom is -0.450 e. The molecular weight excluding hydrogens is 204 g/mol. The normalized spacial score (nSPS) is 14.1. The van der Waals surface area contributed by atoms with E-state index in [1.165, 1.54) is 18.4 Å². The smallest absolute Gasteiger partial charge is 0.450 e. The summed E-state index contributed by atoms with van der Waals surface area (Å²) in [6, 6.07) is 8.13. The predicted molar refractivity (Wildman–Crippen MR) is 54.1 cm³/mol. The largest absolute Gasteiger partial charge is 0.503 e. The average Bonchev–Trinajstić information content (AvgIpc) is 2.87. The van der Waals surface area contributed by atoms with Crippen LogP contribution in [0.15, 0.2) is 24.3 Å². The van der Waals surface area contributed by atoms with E-state index in [9.17, 15) is 0 Å². The van der Waals surface area contributed by atoms with Crippen LogP contribution in [0, 0.1) is 0 Å².